The van der Waals surface area contributed by atoms with Gasteiger partial charge in [0.15, 0.2) is 0 Å². The van der Waals surface area contributed by atoms with Gasteiger partial charge in [-0.15, -0.1) is 0 Å². The van der Waals surface area contributed by atoms with E-state index in [1.165, 1.54) is 7.11 Å². The molecule has 1 fully saturated rings. The number of amides is 1. The normalized spacial score (nSPS) is 15.8. The first-order valence-corrected chi connectivity index (χ1v) is 11.8. The maximum atomic E-state index is 13.4. The Kier molecular flexibility index (Phi) is 7.72. The van der Waals surface area contributed by atoms with Gasteiger partial charge in [0.2, 0.25) is 0 Å². The number of benzene rings is 1. The van der Waals surface area contributed by atoms with E-state index in [0.29, 0.717) is 25.5 Å². The molecule has 3 aromatic rings. The highest BCUT2D eigenvalue weighted by Crippen LogP contribution is 2.48. The lowest BCUT2D eigenvalue weighted by atomic mass is 9.75. The number of rotatable bonds is 3. The molecule has 1 N–H and O–H groups in total. The molecule has 1 saturated heterocycles. The maximum absolute atomic E-state index is 13.4. The molecule has 4 heterocycles. The van der Waals surface area contributed by atoms with Crippen LogP contribution in [-0.4, -0.2) is 70.8 Å². The Hall–Kier alpha value is -4.26. The summed E-state index contributed by atoms with van der Waals surface area (Å²) < 4.78 is 43.7. The highest BCUT2D eigenvalue weighted by atomic mass is 19.4. The summed E-state index contributed by atoms with van der Waals surface area (Å²) >= 11 is 0. The van der Waals surface area contributed by atoms with Crippen molar-refractivity contribution < 1.29 is 42.1 Å². The number of carbonyl (C=O) groups is 3. The lowest BCUT2D eigenvalue weighted by molar-refractivity contribution is -0.192. The minimum absolute atomic E-state index is 0.0496. The molecular weight excluding hydrogens is 521 g/mol. The van der Waals surface area contributed by atoms with Crippen LogP contribution < -0.4 is 4.90 Å². The van der Waals surface area contributed by atoms with Gasteiger partial charge in [0.05, 0.1) is 7.11 Å². The van der Waals surface area contributed by atoms with Crippen LogP contribution >= 0.6 is 0 Å². The largest absolute Gasteiger partial charge is 0.490 e. The number of aliphatic carboxylic acids is 1. The molecule has 39 heavy (non-hydrogen) atoms. The van der Waals surface area contributed by atoms with E-state index in [1.54, 1.807) is 36.3 Å². The monoisotopic (exact) mass is 546 g/mol. The Balaban J connectivity index is 0.000000448. The average Bonchev–Trinajstić information content (AvgIpc) is 3.49. The molecule has 2 aliphatic heterocycles. The smallest absolute Gasteiger partial charge is 0.475 e. The van der Waals surface area contributed by atoms with Crippen LogP contribution in [0.15, 0.2) is 48.8 Å². The number of hydrogen-bond donors (Lipinski definition) is 1. The van der Waals surface area contributed by atoms with Crippen LogP contribution in [0.3, 0.4) is 0 Å². The van der Waals surface area contributed by atoms with E-state index in [0.717, 1.165) is 35.2 Å². The van der Waals surface area contributed by atoms with Crippen molar-refractivity contribution >= 4 is 23.5 Å². The molecule has 0 saturated carbocycles. The van der Waals surface area contributed by atoms with Crippen molar-refractivity contribution in [2.45, 2.75) is 24.4 Å². The van der Waals surface area contributed by atoms with Crippen LogP contribution in [0.1, 0.15) is 39.4 Å². The number of alkyl halides is 3. The van der Waals surface area contributed by atoms with Crippen molar-refractivity contribution in [2.75, 3.05) is 31.8 Å². The number of methoxy groups -OCH3 is 1. The van der Waals surface area contributed by atoms with Crippen LogP contribution in [0.4, 0.5) is 18.9 Å². The fraction of sp³-hybridized carbons (Fsp3) is 0.346. The van der Waals surface area contributed by atoms with Crippen LogP contribution in [-0.2, 0) is 26.7 Å². The standard InChI is InChI=1S/C24H24N4O4.C2HF3O2/c1-27-21(7-10-26-27)22(29)28-15-24(8-11-32-12-9-24)18-13-16(4-6-20(18)28)17-3-5-19(25-14-17)23(30)31-2;3-2(4,5)1(6)7/h3-7,10,13-14H,8-9,11-12,15H2,1-2H3;(H,6,7). The topological polar surface area (TPSA) is 124 Å². The highest BCUT2D eigenvalue weighted by molar-refractivity contribution is 6.07. The van der Waals surface area contributed by atoms with Gasteiger partial charge in [-0.05, 0) is 48.2 Å². The Morgan fingerprint density at radius 2 is 1.74 bits per heavy atom. The van der Waals surface area contributed by atoms with Crippen LogP contribution in [0.25, 0.3) is 11.1 Å². The van der Waals surface area contributed by atoms with Gasteiger partial charge in [0.1, 0.15) is 11.4 Å². The Morgan fingerprint density at radius 3 is 2.28 bits per heavy atom. The van der Waals surface area contributed by atoms with Crippen molar-refractivity contribution in [3.63, 3.8) is 0 Å². The molecule has 0 bridgehead atoms. The van der Waals surface area contributed by atoms with Crippen molar-refractivity contribution in [2.24, 2.45) is 7.05 Å². The van der Waals surface area contributed by atoms with E-state index >= 15 is 0 Å². The van der Waals surface area contributed by atoms with Gasteiger partial charge in [0.25, 0.3) is 5.91 Å². The minimum atomic E-state index is -5.08. The number of esters is 1. The number of aryl methyl sites for hydroxylation is 1. The van der Waals surface area contributed by atoms with E-state index < -0.39 is 18.1 Å². The first-order valence-electron chi connectivity index (χ1n) is 11.8. The summed E-state index contributed by atoms with van der Waals surface area (Å²) in [7, 11) is 3.12. The molecule has 2 aliphatic rings. The van der Waals surface area contributed by atoms with Crippen LogP contribution in [0, 0.1) is 0 Å². The summed E-state index contributed by atoms with van der Waals surface area (Å²) in [5.41, 5.74) is 4.68. The second-order valence-corrected chi connectivity index (χ2v) is 9.08. The fourth-order valence-corrected chi connectivity index (χ4v) is 4.73. The number of carbonyl (C=O) groups excluding carboxylic acids is 2. The minimum Gasteiger partial charge on any atom is -0.475 e. The zero-order chi connectivity index (χ0) is 28.4. The summed E-state index contributed by atoms with van der Waals surface area (Å²) in [4.78, 5) is 40.1. The lowest BCUT2D eigenvalue weighted by Gasteiger charge is -2.34. The molecule has 206 valence electrons. The zero-order valence-corrected chi connectivity index (χ0v) is 21.1. The molecule has 5 rings (SSSR count). The molecule has 1 amide bonds. The molecule has 2 aromatic heterocycles. The number of anilines is 1. The van der Waals surface area contributed by atoms with Crippen molar-refractivity contribution in [1.29, 1.82) is 0 Å². The van der Waals surface area contributed by atoms with Crippen LogP contribution in [0.2, 0.25) is 0 Å². The number of fused-ring (bicyclic) bond motifs is 2. The first kappa shape index (κ1) is 27.8. The number of carboxylic acid groups (broad SMARTS) is 1. The Morgan fingerprint density at radius 1 is 1.08 bits per heavy atom. The summed E-state index contributed by atoms with van der Waals surface area (Å²) in [5, 5.41) is 11.3. The third-order valence-electron chi connectivity index (χ3n) is 6.79. The summed E-state index contributed by atoms with van der Waals surface area (Å²) in [5.74, 6) is -3.27. The molecular formula is C26H25F3N4O6. The Labute approximate surface area is 221 Å². The predicted octanol–water partition coefficient (Wildman–Crippen LogP) is 3.61. The van der Waals surface area contributed by atoms with Crippen molar-refractivity contribution in [3.05, 3.63) is 65.7 Å². The number of hydrogen-bond acceptors (Lipinski definition) is 7. The van der Waals surface area contributed by atoms with E-state index in [2.05, 4.69) is 16.1 Å². The predicted molar refractivity (Wildman–Crippen MR) is 131 cm³/mol. The van der Waals surface area contributed by atoms with Gasteiger partial charge in [0, 0.05) is 55.9 Å². The molecule has 1 aromatic carbocycles. The Bertz CT molecular complexity index is 1380. The molecule has 13 heteroatoms. The van der Waals surface area contributed by atoms with Gasteiger partial charge in [-0.2, -0.15) is 18.3 Å². The third kappa shape index (κ3) is 5.62. The number of nitrogens with zero attached hydrogens (tertiary/aromatic N) is 4. The third-order valence-corrected chi connectivity index (χ3v) is 6.79. The fourth-order valence-electron chi connectivity index (χ4n) is 4.73. The van der Waals surface area contributed by atoms with E-state index in [9.17, 15) is 22.8 Å². The number of pyridine rings is 1. The zero-order valence-electron chi connectivity index (χ0n) is 21.1. The molecule has 0 aliphatic carbocycles. The number of aromatic nitrogens is 3. The lowest BCUT2D eigenvalue weighted by Crippen LogP contribution is -2.41. The van der Waals surface area contributed by atoms with Crippen molar-refractivity contribution in [1.82, 2.24) is 14.8 Å². The summed E-state index contributed by atoms with van der Waals surface area (Å²) in [6, 6.07) is 11.4. The molecule has 0 atom stereocenters. The quantitative estimate of drug-likeness (QED) is 0.495. The number of carboxylic acids is 1. The summed E-state index contributed by atoms with van der Waals surface area (Å²) in [6.07, 6.45) is -0.0447. The molecule has 0 radical (unpaired) electrons. The summed E-state index contributed by atoms with van der Waals surface area (Å²) in [6.45, 7) is 1.97. The van der Waals surface area contributed by atoms with Crippen molar-refractivity contribution in [3.8, 4) is 11.1 Å². The molecule has 10 nitrogen and oxygen atoms in total. The average molecular weight is 547 g/mol. The second kappa shape index (κ2) is 10.8. The molecule has 0 unspecified atom stereocenters. The van der Waals surface area contributed by atoms with E-state index in [4.69, 9.17) is 19.4 Å². The second-order valence-electron chi connectivity index (χ2n) is 9.08. The number of halogens is 3. The first-order chi connectivity index (χ1) is 18.5. The van der Waals surface area contributed by atoms with Gasteiger partial charge in [-0.3, -0.25) is 9.48 Å². The molecule has 1 spiro atoms. The van der Waals surface area contributed by atoms with E-state index in [1.807, 2.05) is 23.1 Å². The van der Waals surface area contributed by atoms with Gasteiger partial charge < -0.3 is 19.5 Å². The van der Waals surface area contributed by atoms with E-state index in [-0.39, 0.29) is 17.0 Å². The van der Waals surface area contributed by atoms with Gasteiger partial charge in [-0.25, -0.2) is 14.6 Å². The van der Waals surface area contributed by atoms with Crippen LogP contribution in [0.5, 0.6) is 0 Å². The SMILES string of the molecule is COC(=O)c1ccc(-c2ccc3c(c2)C2(CCOCC2)CN3C(=O)c2ccnn2C)cn1.O=C(O)C(F)(F)F. The van der Waals surface area contributed by atoms with Gasteiger partial charge in [-0.1, -0.05) is 12.1 Å². The van der Waals surface area contributed by atoms with Gasteiger partial charge >= 0.3 is 18.1 Å². The number of ether oxygens (including phenoxy) is 2. The maximum Gasteiger partial charge on any atom is 0.490 e. The highest BCUT2D eigenvalue weighted by Gasteiger charge is 2.46.